The van der Waals surface area contributed by atoms with E-state index in [0.29, 0.717) is 5.23 Å². The third-order valence-corrected chi connectivity index (χ3v) is 2.96. The van der Waals surface area contributed by atoms with Crippen LogP contribution in [0, 0.1) is 0 Å². The fraction of sp³-hybridized carbons (Fsp3) is 0.889. The number of aliphatic hydroxyl groups is 1. The number of hydrogen-bond donors (Lipinski definition) is 1. The standard InChI is InChI=1S/C9H17NOS/c1-2-12-9(11)10-7-5-3-4-6-8-10/h2-8H2,1H3/p+1. The topological polar surface area (TPSA) is 23.2 Å². The monoisotopic (exact) mass is 188 g/mol. The molecule has 0 spiro atoms. The predicted octanol–water partition coefficient (Wildman–Crippen LogP) is 2.24. The van der Waals surface area contributed by atoms with Gasteiger partial charge in [-0.3, -0.25) is 0 Å². The molecule has 3 heteroatoms. The van der Waals surface area contributed by atoms with Gasteiger partial charge in [-0.05, 0) is 24.6 Å². The second-order valence-corrected chi connectivity index (χ2v) is 4.35. The van der Waals surface area contributed by atoms with Crippen LogP contribution in [-0.4, -0.2) is 33.8 Å². The molecule has 0 unspecified atom stereocenters. The lowest BCUT2D eigenvalue weighted by Gasteiger charge is -2.00. The average molecular weight is 188 g/mol. The van der Waals surface area contributed by atoms with Crippen LogP contribution >= 0.6 is 11.8 Å². The molecule has 0 aliphatic carbocycles. The Hall–Kier alpha value is -0.180. The average Bonchev–Trinajstić information content (AvgIpc) is 2.32. The summed E-state index contributed by atoms with van der Waals surface area (Å²) < 4.78 is 2.11. The molecular formula is C9H18NOS+. The lowest BCUT2D eigenvalue weighted by Crippen LogP contribution is -2.20. The van der Waals surface area contributed by atoms with Gasteiger partial charge in [-0.1, -0.05) is 6.92 Å². The summed E-state index contributed by atoms with van der Waals surface area (Å²) in [4.78, 5) is 0. The molecule has 1 heterocycles. The number of rotatable bonds is 1. The molecule has 0 aromatic heterocycles. The Morgan fingerprint density at radius 1 is 1.25 bits per heavy atom. The van der Waals surface area contributed by atoms with Crippen LogP contribution in [0.25, 0.3) is 0 Å². The molecule has 0 saturated carbocycles. The molecule has 0 aromatic rings. The summed E-state index contributed by atoms with van der Waals surface area (Å²) in [5.41, 5.74) is 0. The highest BCUT2D eigenvalue weighted by Crippen LogP contribution is 2.09. The molecule has 12 heavy (non-hydrogen) atoms. The van der Waals surface area contributed by atoms with Crippen LogP contribution in [0.1, 0.15) is 32.6 Å². The normalized spacial score (nSPS) is 18.9. The Kier molecular flexibility index (Phi) is 4.51. The van der Waals surface area contributed by atoms with Crippen molar-refractivity contribution >= 4 is 17.0 Å². The van der Waals surface area contributed by atoms with Crippen molar-refractivity contribution < 1.29 is 9.68 Å². The Labute approximate surface area is 78.7 Å². The van der Waals surface area contributed by atoms with E-state index in [1.807, 2.05) is 0 Å². The van der Waals surface area contributed by atoms with Gasteiger partial charge < -0.3 is 5.11 Å². The highest BCUT2D eigenvalue weighted by Gasteiger charge is 2.15. The second-order valence-electron chi connectivity index (χ2n) is 3.12. The van der Waals surface area contributed by atoms with Gasteiger partial charge in [0.1, 0.15) is 13.1 Å². The van der Waals surface area contributed by atoms with E-state index < -0.39 is 0 Å². The molecule has 1 saturated heterocycles. The number of thioether (sulfide) groups is 1. The van der Waals surface area contributed by atoms with E-state index in [-0.39, 0.29) is 0 Å². The van der Waals surface area contributed by atoms with E-state index in [0.717, 1.165) is 18.8 Å². The SMILES string of the molecule is CCSC(O)=[N+]1CCCCCC1. The first-order valence-electron chi connectivity index (χ1n) is 4.78. The maximum atomic E-state index is 9.60. The van der Waals surface area contributed by atoms with Crippen molar-refractivity contribution in [3.05, 3.63) is 0 Å². The van der Waals surface area contributed by atoms with Gasteiger partial charge in [0.15, 0.2) is 0 Å². The minimum atomic E-state index is 0.527. The van der Waals surface area contributed by atoms with Crippen molar-refractivity contribution in [2.24, 2.45) is 0 Å². The first kappa shape index (κ1) is 9.90. The van der Waals surface area contributed by atoms with Crippen LogP contribution < -0.4 is 0 Å². The van der Waals surface area contributed by atoms with Gasteiger partial charge in [0.2, 0.25) is 0 Å². The van der Waals surface area contributed by atoms with E-state index >= 15 is 0 Å². The summed E-state index contributed by atoms with van der Waals surface area (Å²) in [6, 6.07) is 0. The van der Waals surface area contributed by atoms with Gasteiger partial charge in [0.05, 0.1) is 0 Å². The molecular weight excluding hydrogens is 170 g/mol. The fourth-order valence-electron chi connectivity index (χ4n) is 1.48. The van der Waals surface area contributed by atoms with Crippen LogP contribution in [-0.2, 0) is 0 Å². The predicted molar refractivity (Wildman–Crippen MR) is 54.2 cm³/mol. The Bertz CT molecular complexity index is 158. The van der Waals surface area contributed by atoms with E-state index in [1.54, 1.807) is 11.8 Å². The van der Waals surface area contributed by atoms with Crippen molar-refractivity contribution in [2.75, 3.05) is 18.8 Å². The minimum absolute atomic E-state index is 0.527. The smallest absolute Gasteiger partial charge is 0.398 e. The summed E-state index contributed by atoms with van der Waals surface area (Å²) in [6.07, 6.45) is 5.10. The molecule has 1 aliphatic heterocycles. The third-order valence-electron chi connectivity index (χ3n) is 2.15. The zero-order valence-corrected chi connectivity index (χ0v) is 8.57. The maximum Gasteiger partial charge on any atom is 0.398 e. The van der Waals surface area contributed by atoms with Crippen molar-refractivity contribution in [3.63, 3.8) is 0 Å². The van der Waals surface area contributed by atoms with Crippen LogP contribution in [0.15, 0.2) is 0 Å². The molecule has 70 valence electrons. The summed E-state index contributed by atoms with van der Waals surface area (Å²) in [7, 11) is 0. The van der Waals surface area contributed by atoms with Crippen molar-refractivity contribution in [1.29, 1.82) is 0 Å². The Morgan fingerprint density at radius 2 is 1.83 bits per heavy atom. The van der Waals surface area contributed by atoms with Gasteiger partial charge in [-0.15, -0.1) is 0 Å². The highest BCUT2D eigenvalue weighted by molar-refractivity contribution is 8.13. The largest absolute Gasteiger partial charge is 0.455 e. The van der Waals surface area contributed by atoms with Gasteiger partial charge in [0.25, 0.3) is 0 Å². The summed E-state index contributed by atoms with van der Waals surface area (Å²) in [6.45, 7) is 4.15. The lowest BCUT2D eigenvalue weighted by atomic mass is 10.2. The molecule has 1 aliphatic rings. The molecule has 0 bridgehead atoms. The molecule has 0 radical (unpaired) electrons. The quantitative estimate of drug-likeness (QED) is 0.504. The Balaban J connectivity index is 2.50. The number of nitrogens with zero attached hydrogens (tertiary/aromatic N) is 1. The maximum absolute atomic E-state index is 9.60. The van der Waals surface area contributed by atoms with Crippen molar-refractivity contribution in [1.82, 2.24) is 0 Å². The summed E-state index contributed by atoms with van der Waals surface area (Å²) in [5.74, 6) is 0.961. The van der Waals surface area contributed by atoms with Crippen LogP contribution in [0.2, 0.25) is 0 Å². The van der Waals surface area contributed by atoms with Crippen LogP contribution in [0.5, 0.6) is 0 Å². The van der Waals surface area contributed by atoms with Gasteiger partial charge >= 0.3 is 5.23 Å². The third kappa shape index (κ3) is 3.05. The zero-order chi connectivity index (χ0) is 8.81. The number of hydrogen-bond acceptors (Lipinski definition) is 1. The van der Waals surface area contributed by atoms with Gasteiger partial charge in [-0.25, -0.2) is 0 Å². The second kappa shape index (κ2) is 5.46. The lowest BCUT2D eigenvalue weighted by molar-refractivity contribution is -0.530. The summed E-state index contributed by atoms with van der Waals surface area (Å²) >= 11 is 1.55. The van der Waals surface area contributed by atoms with Gasteiger partial charge in [0, 0.05) is 18.6 Å². The van der Waals surface area contributed by atoms with Crippen molar-refractivity contribution in [3.8, 4) is 0 Å². The highest BCUT2D eigenvalue weighted by atomic mass is 32.2. The Morgan fingerprint density at radius 3 is 2.33 bits per heavy atom. The van der Waals surface area contributed by atoms with E-state index in [2.05, 4.69) is 11.5 Å². The fourth-order valence-corrected chi connectivity index (χ4v) is 2.11. The van der Waals surface area contributed by atoms with E-state index in [4.69, 9.17) is 0 Å². The number of aliphatic hydroxyl groups excluding tert-OH is 1. The molecule has 1 N–H and O–H groups in total. The zero-order valence-electron chi connectivity index (χ0n) is 7.75. The molecule has 1 rings (SSSR count). The van der Waals surface area contributed by atoms with Gasteiger partial charge in [-0.2, -0.15) is 4.58 Å². The van der Waals surface area contributed by atoms with Crippen LogP contribution in [0.4, 0.5) is 0 Å². The molecule has 2 nitrogen and oxygen atoms in total. The summed E-state index contributed by atoms with van der Waals surface area (Å²) in [5, 5.41) is 10.1. The van der Waals surface area contributed by atoms with E-state index in [9.17, 15) is 5.11 Å². The van der Waals surface area contributed by atoms with E-state index in [1.165, 1.54) is 25.7 Å². The van der Waals surface area contributed by atoms with Crippen LogP contribution in [0.3, 0.4) is 0 Å². The van der Waals surface area contributed by atoms with Crippen molar-refractivity contribution in [2.45, 2.75) is 32.6 Å². The minimum Gasteiger partial charge on any atom is -0.455 e. The molecule has 0 amide bonds. The first-order valence-corrected chi connectivity index (χ1v) is 5.77. The molecule has 1 fully saturated rings. The molecule has 0 atom stereocenters. The molecule has 0 aromatic carbocycles. The first-order chi connectivity index (χ1) is 5.84.